The number of carbonyl (C=O) groups excluding carboxylic acids is 3. The number of hydrogen-bond donors (Lipinski definition) is 0. The lowest BCUT2D eigenvalue weighted by atomic mass is 10.1. The fourth-order valence-electron chi connectivity index (χ4n) is 2.29. The second kappa shape index (κ2) is 8.90. The van der Waals surface area contributed by atoms with Crippen molar-refractivity contribution in [3.8, 4) is 0 Å². The maximum absolute atomic E-state index is 12.4. The number of hydrogen-bond acceptors (Lipinski definition) is 6. The van der Waals surface area contributed by atoms with Gasteiger partial charge in [0.1, 0.15) is 11.6 Å². The lowest BCUT2D eigenvalue weighted by Gasteiger charge is -2.34. The van der Waals surface area contributed by atoms with E-state index in [0.717, 1.165) is 10.2 Å². The average Bonchev–Trinajstić information content (AvgIpc) is 2.58. The molecule has 0 aliphatic carbocycles. The van der Waals surface area contributed by atoms with Crippen molar-refractivity contribution in [3.05, 3.63) is 34.3 Å². The summed E-state index contributed by atoms with van der Waals surface area (Å²) in [6.07, 6.45) is -0.543. The van der Waals surface area contributed by atoms with Crippen LogP contribution in [0.25, 0.3) is 0 Å². The number of esters is 1. The third kappa shape index (κ3) is 6.02. The summed E-state index contributed by atoms with van der Waals surface area (Å²) in [7, 11) is 0. The largest absolute Gasteiger partial charge is 0.456 e. The van der Waals surface area contributed by atoms with Gasteiger partial charge in [0.05, 0.1) is 0 Å². The van der Waals surface area contributed by atoms with Crippen molar-refractivity contribution < 1.29 is 23.9 Å². The Labute approximate surface area is 165 Å². The number of thioether (sulfide) groups is 1. The third-order valence-corrected chi connectivity index (χ3v) is 5.09. The monoisotopic (exact) mass is 443 g/mol. The van der Waals surface area contributed by atoms with Crippen LogP contribution in [-0.4, -0.2) is 59.0 Å². The van der Waals surface area contributed by atoms with E-state index >= 15 is 0 Å². The molecule has 0 N–H and O–H groups in total. The number of Topliss-reactive ketones (excluding diaryl/α,β-unsaturated/α-hetero) is 1. The zero-order valence-corrected chi connectivity index (χ0v) is 17.4. The molecular formula is C18H22BrNO5S. The van der Waals surface area contributed by atoms with E-state index in [2.05, 4.69) is 15.9 Å². The Morgan fingerprint density at radius 1 is 1.23 bits per heavy atom. The highest BCUT2D eigenvalue weighted by Crippen LogP contribution is 2.21. The van der Waals surface area contributed by atoms with Gasteiger partial charge in [-0.3, -0.25) is 9.69 Å². The van der Waals surface area contributed by atoms with Crippen molar-refractivity contribution in [3.63, 3.8) is 0 Å². The minimum Gasteiger partial charge on any atom is -0.456 e. The van der Waals surface area contributed by atoms with Crippen LogP contribution in [-0.2, 0) is 14.3 Å². The molecule has 0 bridgehead atoms. The Kier molecular flexibility index (Phi) is 7.11. The molecule has 1 unspecified atom stereocenters. The third-order valence-electron chi connectivity index (χ3n) is 3.54. The zero-order valence-electron chi connectivity index (χ0n) is 15.0. The van der Waals surface area contributed by atoms with Gasteiger partial charge in [-0.25, -0.2) is 9.59 Å². The maximum Gasteiger partial charge on any atom is 0.411 e. The number of amides is 1. The van der Waals surface area contributed by atoms with Crippen molar-refractivity contribution in [2.24, 2.45) is 0 Å². The number of carbonyl (C=O) groups is 3. The standard InChI is InChI=1S/C18H22BrNO5S/c1-18(2,3)25-17(23)20-8-9-26-11-14(20)16(22)24-10-15(21)12-4-6-13(19)7-5-12/h4-7,14H,8-11H2,1-3H3. The molecule has 1 aromatic rings. The number of nitrogens with zero attached hydrogens (tertiary/aromatic N) is 1. The Balaban J connectivity index is 1.96. The maximum atomic E-state index is 12.4. The predicted molar refractivity (Wildman–Crippen MR) is 103 cm³/mol. The molecule has 26 heavy (non-hydrogen) atoms. The van der Waals surface area contributed by atoms with Crippen LogP contribution in [0.1, 0.15) is 31.1 Å². The van der Waals surface area contributed by atoms with Gasteiger partial charge in [0, 0.05) is 28.1 Å². The molecule has 1 amide bonds. The molecule has 2 rings (SSSR count). The summed E-state index contributed by atoms with van der Waals surface area (Å²) in [6.45, 7) is 5.36. The van der Waals surface area contributed by atoms with Crippen LogP contribution in [0.3, 0.4) is 0 Å². The fourth-order valence-corrected chi connectivity index (χ4v) is 3.59. The van der Waals surface area contributed by atoms with Crippen LogP contribution < -0.4 is 0 Å². The Morgan fingerprint density at radius 2 is 1.88 bits per heavy atom. The van der Waals surface area contributed by atoms with Gasteiger partial charge in [0.15, 0.2) is 12.4 Å². The van der Waals surface area contributed by atoms with E-state index in [9.17, 15) is 14.4 Å². The first-order chi connectivity index (χ1) is 12.2. The van der Waals surface area contributed by atoms with Crippen molar-refractivity contribution in [2.75, 3.05) is 24.7 Å². The predicted octanol–water partition coefficient (Wildman–Crippen LogP) is 3.53. The molecule has 1 aliphatic heterocycles. The van der Waals surface area contributed by atoms with Crippen LogP contribution in [0.15, 0.2) is 28.7 Å². The smallest absolute Gasteiger partial charge is 0.411 e. The Bertz CT molecular complexity index is 671. The van der Waals surface area contributed by atoms with Crippen LogP contribution >= 0.6 is 27.7 Å². The molecule has 1 aromatic carbocycles. The van der Waals surface area contributed by atoms with Crippen molar-refractivity contribution in [1.82, 2.24) is 4.90 Å². The number of ketones is 1. The highest BCUT2D eigenvalue weighted by molar-refractivity contribution is 9.10. The van der Waals surface area contributed by atoms with Crippen molar-refractivity contribution in [1.29, 1.82) is 0 Å². The summed E-state index contributed by atoms with van der Waals surface area (Å²) in [5, 5.41) is 0. The molecule has 142 valence electrons. The number of ether oxygens (including phenoxy) is 2. The van der Waals surface area contributed by atoms with E-state index in [1.54, 1.807) is 56.8 Å². The summed E-state index contributed by atoms with van der Waals surface area (Å²) < 4.78 is 11.4. The highest BCUT2D eigenvalue weighted by atomic mass is 79.9. The molecule has 6 nitrogen and oxygen atoms in total. The summed E-state index contributed by atoms with van der Waals surface area (Å²) in [5.41, 5.74) is -0.184. The van der Waals surface area contributed by atoms with Gasteiger partial charge in [0.2, 0.25) is 0 Å². The summed E-state index contributed by atoms with van der Waals surface area (Å²) in [4.78, 5) is 38.3. The van der Waals surface area contributed by atoms with E-state index in [1.807, 2.05) is 0 Å². The van der Waals surface area contributed by atoms with E-state index in [1.165, 1.54) is 4.90 Å². The van der Waals surface area contributed by atoms with E-state index < -0.39 is 23.7 Å². The second-order valence-electron chi connectivity index (χ2n) is 6.80. The molecule has 0 radical (unpaired) electrons. The van der Waals surface area contributed by atoms with Crippen molar-refractivity contribution in [2.45, 2.75) is 32.4 Å². The summed E-state index contributed by atoms with van der Waals surface area (Å²) in [6, 6.07) is 6.06. The summed E-state index contributed by atoms with van der Waals surface area (Å²) >= 11 is 4.86. The molecular weight excluding hydrogens is 422 g/mol. The Hall–Kier alpha value is -1.54. The molecule has 1 heterocycles. The number of rotatable bonds is 4. The first-order valence-electron chi connectivity index (χ1n) is 8.20. The van der Waals surface area contributed by atoms with Gasteiger partial charge in [0.25, 0.3) is 0 Å². The minimum absolute atomic E-state index is 0.293. The minimum atomic E-state index is -0.749. The topological polar surface area (TPSA) is 72.9 Å². The quantitative estimate of drug-likeness (QED) is 0.523. The number of halogens is 1. The molecule has 1 aliphatic rings. The normalized spacial score (nSPS) is 17.5. The van der Waals surface area contributed by atoms with Gasteiger partial charge in [-0.05, 0) is 32.9 Å². The molecule has 1 saturated heterocycles. The number of benzene rings is 1. The van der Waals surface area contributed by atoms with Gasteiger partial charge in [-0.15, -0.1) is 0 Å². The van der Waals surface area contributed by atoms with Crippen LogP contribution in [0.5, 0.6) is 0 Å². The molecule has 0 saturated carbocycles. The first kappa shape index (κ1) is 20.8. The van der Waals surface area contributed by atoms with Gasteiger partial charge in [-0.2, -0.15) is 11.8 Å². The molecule has 8 heteroatoms. The second-order valence-corrected chi connectivity index (χ2v) is 8.87. The van der Waals surface area contributed by atoms with E-state index in [0.29, 0.717) is 17.9 Å². The average molecular weight is 444 g/mol. The fraction of sp³-hybridized carbons (Fsp3) is 0.500. The Morgan fingerprint density at radius 3 is 2.50 bits per heavy atom. The highest BCUT2D eigenvalue weighted by Gasteiger charge is 2.36. The van der Waals surface area contributed by atoms with E-state index in [-0.39, 0.29) is 12.4 Å². The van der Waals surface area contributed by atoms with Crippen molar-refractivity contribution >= 4 is 45.5 Å². The van der Waals surface area contributed by atoms with Crippen LogP contribution in [0, 0.1) is 0 Å². The van der Waals surface area contributed by atoms with Gasteiger partial charge < -0.3 is 9.47 Å². The molecule has 1 fully saturated rings. The SMILES string of the molecule is CC(C)(C)OC(=O)N1CCSCC1C(=O)OCC(=O)c1ccc(Br)cc1. The first-order valence-corrected chi connectivity index (χ1v) is 10.1. The molecule has 0 aromatic heterocycles. The lowest BCUT2D eigenvalue weighted by molar-refractivity contribution is -0.147. The van der Waals surface area contributed by atoms with Gasteiger partial charge in [-0.1, -0.05) is 28.1 Å². The molecule has 1 atom stereocenters. The van der Waals surface area contributed by atoms with Crippen LogP contribution in [0.2, 0.25) is 0 Å². The zero-order chi connectivity index (χ0) is 19.3. The van der Waals surface area contributed by atoms with E-state index in [4.69, 9.17) is 9.47 Å². The summed E-state index contributed by atoms with van der Waals surface area (Å²) in [5.74, 6) is 0.262. The molecule has 0 spiro atoms. The lowest BCUT2D eigenvalue weighted by Crippen LogP contribution is -2.52. The van der Waals surface area contributed by atoms with Gasteiger partial charge >= 0.3 is 12.1 Å². The van der Waals surface area contributed by atoms with Crippen LogP contribution in [0.4, 0.5) is 4.79 Å².